The summed E-state index contributed by atoms with van der Waals surface area (Å²) in [7, 11) is 0. The van der Waals surface area contributed by atoms with E-state index in [0.717, 1.165) is 22.2 Å². The Morgan fingerprint density at radius 2 is 1.88 bits per heavy atom. The van der Waals surface area contributed by atoms with E-state index in [9.17, 15) is 14.9 Å². The molecule has 0 saturated heterocycles. The molecule has 0 fully saturated rings. The predicted molar refractivity (Wildman–Crippen MR) is 98.5 cm³/mol. The summed E-state index contributed by atoms with van der Waals surface area (Å²) in [6.45, 7) is 3.47. The molecule has 0 atom stereocenters. The molecule has 0 N–H and O–H groups in total. The van der Waals surface area contributed by atoms with Crippen molar-refractivity contribution in [3.63, 3.8) is 0 Å². The van der Waals surface area contributed by atoms with Gasteiger partial charge in [0.25, 0.3) is 5.69 Å². The van der Waals surface area contributed by atoms with E-state index in [2.05, 4.69) is 5.16 Å². The van der Waals surface area contributed by atoms with Crippen LogP contribution >= 0.6 is 0 Å². The lowest BCUT2D eigenvalue weighted by Crippen LogP contribution is -2.01. The number of para-hydroxylation sites is 1. The normalized spacial score (nSPS) is 11.5. The Hall–Kier alpha value is -3.48. The van der Waals surface area contributed by atoms with Crippen molar-refractivity contribution in [3.05, 3.63) is 70.4 Å². The molecule has 7 nitrogen and oxygen atoms in total. The summed E-state index contributed by atoms with van der Waals surface area (Å²) in [6.07, 6.45) is 2.13. The minimum Gasteiger partial charge on any atom is -0.318 e. The molecule has 0 aliphatic heterocycles. The van der Waals surface area contributed by atoms with Gasteiger partial charge in [0.15, 0.2) is 0 Å². The number of non-ortho nitro benzene ring substituents is 1. The predicted octanol–water partition coefficient (Wildman–Crippen LogP) is 4.22. The average molecular weight is 351 g/mol. The molecular formula is C19H17N3O4. The van der Waals surface area contributed by atoms with Crippen molar-refractivity contribution in [1.82, 2.24) is 4.57 Å². The lowest BCUT2D eigenvalue weighted by molar-refractivity contribution is -0.384. The van der Waals surface area contributed by atoms with Gasteiger partial charge in [0, 0.05) is 41.4 Å². The van der Waals surface area contributed by atoms with Gasteiger partial charge in [0.05, 0.1) is 16.2 Å². The van der Waals surface area contributed by atoms with Gasteiger partial charge in [0.1, 0.15) is 0 Å². The summed E-state index contributed by atoms with van der Waals surface area (Å²) >= 11 is 0. The van der Waals surface area contributed by atoms with Crippen LogP contribution in [0.1, 0.15) is 25.8 Å². The van der Waals surface area contributed by atoms with Crippen LogP contribution in [0.2, 0.25) is 0 Å². The standard InChI is InChI=1S/C19H17N3O4/c1-3-19(23)26-20-13(2)17-12-21(18-7-5-4-6-16(17)18)14-8-10-15(11-9-14)22(24)25/h4-12H,3H2,1-2H3/b20-13+. The fourth-order valence-corrected chi connectivity index (χ4v) is 2.65. The van der Waals surface area contributed by atoms with Gasteiger partial charge in [-0.25, -0.2) is 4.79 Å². The van der Waals surface area contributed by atoms with Crippen LogP contribution in [-0.4, -0.2) is 21.2 Å². The Kier molecular flexibility index (Phi) is 4.79. The number of oxime groups is 1. The summed E-state index contributed by atoms with van der Waals surface area (Å²) in [4.78, 5) is 26.6. The van der Waals surface area contributed by atoms with Gasteiger partial charge < -0.3 is 9.40 Å². The van der Waals surface area contributed by atoms with Crippen LogP contribution in [0, 0.1) is 10.1 Å². The number of carbonyl (C=O) groups excluding carboxylic acids is 1. The third-order valence-electron chi connectivity index (χ3n) is 4.01. The van der Waals surface area contributed by atoms with Gasteiger partial charge in [-0.15, -0.1) is 0 Å². The number of benzene rings is 2. The molecule has 0 radical (unpaired) electrons. The SMILES string of the molecule is CCC(=O)O/N=C(\C)c1cn(-c2ccc([N+](=O)[O-])cc2)c2ccccc12. The Labute approximate surface area is 149 Å². The van der Waals surface area contributed by atoms with Crippen molar-refractivity contribution in [2.75, 3.05) is 0 Å². The Bertz CT molecular complexity index is 1000. The first-order valence-corrected chi connectivity index (χ1v) is 8.11. The molecule has 132 valence electrons. The number of aromatic nitrogens is 1. The topological polar surface area (TPSA) is 86.7 Å². The van der Waals surface area contributed by atoms with Crippen molar-refractivity contribution < 1.29 is 14.6 Å². The van der Waals surface area contributed by atoms with Crippen LogP contribution in [-0.2, 0) is 9.63 Å². The molecule has 0 unspecified atom stereocenters. The van der Waals surface area contributed by atoms with Crippen LogP contribution in [0.4, 0.5) is 5.69 Å². The zero-order valence-electron chi connectivity index (χ0n) is 14.4. The first kappa shape index (κ1) is 17.3. The van der Waals surface area contributed by atoms with E-state index in [1.54, 1.807) is 26.0 Å². The quantitative estimate of drug-likeness (QED) is 0.298. The monoisotopic (exact) mass is 351 g/mol. The minimum absolute atomic E-state index is 0.0367. The molecule has 0 amide bonds. The molecule has 0 spiro atoms. The zero-order valence-corrected chi connectivity index (χ0v) is 14.4. The first-order valence-electron chi connectivity index (χ1n) is 8.11. The molecule has 0 saturated carbocycles. The first-order chi connectivity index (χ1) is 12.5. The van der Waals surface area contributed by atoms with E-state index in [1.165, 1.54) is 12.1 Å². The van der Waals surface area contributed by atoms with Gasteiger partial charge in [-0.2, -0.15) is 0 Å². The maximum Gasteiger partial charge on any atom is 0.334 e. The van der Waals surface area contributed by atoms with E-state index >= 15 is 0 Å². The molecule has 2 aromatic carbocycles. The summed E-state index contributed by atoms with van der Waals surface area (Å²) in [5.74, 6) is -0.400. The molecule has 3 aromatic rings. The summed E-state index contributed by atoms with van der Waals surface area (Å²) in [5, 5.41) is 15.7. The van der Waals surface area contributed by atoms with E-state index < -0.39 is 10.9 Å². The van der Waals surface area contributed by atoms with E-state index in [-0.39, 0.29) is 12.1 Å². The second kappa shape index (κ2) is 7.18. The average Bonchev–Trinajstić information content (AvgIpc) is 3.05. The highest BCUT2D eigenvalue weighted by Crippen LogP contribution is 2.26. The summed E-state index contributed by atoms with van der Waals surface area (Å²) < 4.78 is 1.93. The maximum absolute atomic E-state index is 11.3. The van der Waals surface area contributed by atoms with Crippen molar-refractivity contribution in [2.45, 2.75) is 20.3 Å². The fourth-order valence-electron chi connectivity index (χ4n) is 2.65. The molecule has 1 heterocycles. The number of nitro benzene ring substituents is 1. The van der Waals surface area contributed by atoms with Crippen LogP contribution in [0.5, 0.6) is 0 Å². The van der Waals surface area contributed by atoms with Crippen LogP contribution in [0.3, 0.4) is 0 Å². The van der Waals surface area contributed by atoms with Gasteiger partial charge in [-0.05, 0) is 25.1 Å². The van der Waals surface area contributed by atoms with Crippen LogP contribution < -0.4 is 0 Å². The number of nitrogens with zero attached hydrogens (tertiary/aromatic N) is 3. The van der Waals surface area contributed by atoms with E-state index in [4.69, 9.17) is 4.84 Å². The number of hydrogen-bond acceptors (Lipinski definition) is 5. The van der Waals surface area contributed by atoms with Gasteiger partial charge >= 0.3 is 5.97 Å². The smallest absolute Gasteiger partial charge is 0.318 e. The molecule has 3 rings (SSSR count). The number of rotatable bonds is 5. The number of nitro groups is 1. The van der Waals surface area contributed by atoms with Crippen molar-refractivity contribution in [3.8, 4) is 5.69 Å². The van der Waals surface area contributed by atoms with Crippen LogP contribution in [0.25, 0.3) is 16.6 Å². The number of hydrogen-bond donors (Lipinski definition) is 0. The molecule has 0 bridgehead atoms. The third-order valence-corrected chi connectivity index (χ3v) is 4.01. The lowest BCUT2D eigenvalue weighted by Gasteiger charge is -2.04. The Balaban J connectivity index is 2.07. The zero-order chi connectivity index (χ0) is 18.7. The molecule has 7 heteroatoms. The minimum atomic E-state index is -0.429. The van der Waals surface area contributed by atoms with Crippen LogP contribution in [0.15, 0.2) is 59.9 Å². The molecule has 26 heavy (non-hydrogen) atoms. The van der Waals surface area contributed by atoms with Crippen molar-refractivity contribution in [1.29, 1.82) is 0 Å². The Morgan fingerprint density at radius 3 is 2.54 bits per heavy atom. The maximum atomic E-state index is 11.3. The van der Waals surface area contributed by atoms with Gasteiger partial charge in [0.2, 0.25) is 0 Å². The van der Waals surface area contributed by atoms with Crippen molar-refractivity contribution in [2.24, 2.45) is 5.16 Å². The molecule has 1 aromatic heterocycles. The lowest BCUT2D eigenvalue weighted by atomic mass is 10.1. The highest BCUT2D eigenvalue weighted by Gasteiger charge is 2.13. The molecule has 0 aliphatic rings. The fraction of sp³-hybridized carbons (Fsp3) is 0.158. The number of carbonyl (C=O) groups is 1. The van der Waals surface area contributed by atoms with E-state index in [1.807, 2.05) is 35.0 Å². The summed E-state index contributed by atoms with van der Waals surface area (Å²) in [5.41, 5.74) is 3.14. The molecular weight excluding hydrogens is 334 g/mol. The molecule has 0 aliphatic carbocycles. The second-order valence-corrected chi connectivity index (χ2v) is 5.70. The van der Waals surface area contributed by atoms with Crippen molar-refractivity contribution >= 4 is 28.3 Å². The van der Waals surface area contributed by atoms with Gasteiger partial charge in [-0.1, -0.05) is 30.3 Å². The second-order valence-electron chi connectivity index (χ2n) is 5.70. The summed E-state index contributed by atoms with van der Waals surface area (Å²) in [6, 6.07) is 14.0. The van der Waals surface area contributed by atoms with E-state index in [0.29, 0.717) is 5.71 Å². The number of fused-ring (bicyclic) bond motifs is 1. The van der Waals surface area contributed by atoms with Gasteiger partial charge in [-0.3, -0.25) is 10.1 Å². The third kappa shape index (κ3) is 3.32. The Morgan fingerprint density at radius 1 is 1.19 bits per heavy atom. The highest BCUT2D eigenvalue weighted by molar-refractivity contribution is 6.10. The largest absolute Gasteiger partial charge is 0.334 e. The highest BCUT2D eigenvalue weighted by atomic mass is 16.7.